The van der Waals surface area contributed by atoms with Crippen LogP contribution in [0, 0.1) is 6.57 Å². The lowest BCUT2D eigenvalue weighted by atomic mass is 9.76. The maximum atomic E-state index is 7.69. The van der Waals surface area contributed by atoms with Crippen LogP contribution < -0.4 is 4.74 Å². The third-order valence-electron chi connectivity index (χ3n) is 10.5. The average Bonchev–Trinajstić information content (AvgIpc) is 3.41. The van der Waals surface area contributed by atoms with Crippen molar-refractivity contribution in [3.8, 4) is 39.1 Å². The van der Waals surface area contributed by atoms with E-state index in [9.17, 15) is 0 Å². The van der Waals surface area contributed by atoms with Crippen molar-refractivity contribution in [2.75, 3.05) is 0 Å². The number of hydrogen-bond donors (Lipinski definition) is 0. The molecule has 49 heavy (non-hydrogen) atoms. The molecule has 7 aromatic rings. The summed E-state index contributed by atoms with van der Waals surface area (Å²) < 4.78 is 7.45. The van der Waals surface area contributed by atoms with Crippen molar-refractivity contribution in [3.05, 3.63) is 197 Å². The molecule has 0 saturated heterocycles. The molecule has 0 amide bonds. The second-order valence-electron chi connectivity index (χ2n) is 13.6. The number of nitrogens with zero attached hydrogens (tertiary/aromatic N) is 1. The smallest absolute Gasteiger partial charge is 0.187 e. The first-order chi connectivity index (χ1) is 24.0. The molecule has 1 aliphatic carbocycles. The van der Waals surface area contributed by atoms with E-state index in [-0.39, 0.29) is 5.41 Å². The Morgan fingerprint density at radius 3 is 1.90 bits per heavy atom. The minimum Gasteiger partial charge on any atom is -0.472 e. The Balaban J connectivity index is 1.21. The van der Waals surface area contributed by atoms with E-state index >= 15 is 0 Å². The van der Waals surface area contributed by atoms with Gasteiger partial charge in [0, 0.05) is 27.5 Å². The van der Waals surface area contributed by atoms with Crippen molar-refractivity contribution in [3.63, 3.8) is 0 Å². The molecule has 9 rings (SSSR count). The highest BCUT2D eigenvalue weighted by atomic mass is 16.5. The van der Waals surface area contributed by atoms with Gasteiger partial charge in [-0.25, -0.2) is 4.85 Å². The van der Waals surface area contributed by atoms with Crippen LogP contribution in [-0.2, 0) is 11.0 Å². The van der Waals surface area contributed by atoms with E-state index in [1.807, 2.05) is 6.07 Å². The molecule has 1 heterocycles. The van der Waals surface area contributed by atoms with Crippen molar-refractivity contribution in [2.45, 2.75) is 24.9 Å². The third kappa shape index (κ3) is 4.40. The van der Waals surface area contributed by atoms with Gasteiger partial charge in [-0.05, 0) is 62.0 Å². The fraction of sp³-hybridized carbons (Fsp3) is 0.0851. The van der Waals surface area contributed by atoms with Crippen LogP contribution in [0.4, 0.5) is 5.69 Å². The molecule has 0 N–H and O–H groups in total. The maximum Gasteiger partial charge on any atom is 0.187 e. The fourth-order valence-electron chi connectivity index (χ4n) is 8.07. The molecule has 0 aromatic heterocycles. The Labute approximate surface area is 287 Å². The highest BCUT2D eigenvalue weighted by Crippen LogP contribution is 2.58. The molecule has 2 heteroatoms. The van der Waals surface area contributed by atoms with Crippen LogP contribution >= 0.6 is 0 Å². The van der Waals surface area contributed by atoms with Gasteiger partial charge < -0.3 is 4.74 Å². The molecule has 0 bridgehead atoms. The SMILES string of the molecule is [C-]#[N+]c1ccc2c(c1)C(C)(C)c1c3c(c4ccccc4c1-2)OC(c1ccccc1)(c1ccc(-c2cccc(-c4ccccc4)c2)cc1)C=C3. The van der Waals surface area contributed by atoms with E-state index in [0.717, 1.165) is 33.4 Å². The van der Waals surface area contributed by atoms with Gasteiger partial charge in [-0.2, -0.15) is 0 Å². The maximum absolute atomic E-state index is 7.69. The zero-order valence-corrected chi connectivity index (χ0v) is 27.4. The van der Waals surface area contributed by atoms with Gasteiger partial charge in [0.05, 0.1) is 6.57 Å². The summed E-state index contributed by atoms with van der Waals surface area (Å²) in [5.74, 6) is 0.895. The Morgan fingerprint density at radius 2 is 1.18 bits per heavy atom. The summed E-state index contributed by atoms with van der Waals surface area (Å²) in [6.07, 6.45) is 4.53. The van der Waals surface area contributed by atoms with Gasteiger partial charge in [-0.15, -0.1) is 0 Å². The molecule has 1 unspecified atom stereocenters. The lowest BCUT2D eigenvalue weighted by Crippen LogP contribution is -2.35. The van der Waals surface area contributed by atoms with E-state index in [0.29, 0.717) is 5.69 Å². The van der Waals surface area contributed by atoms with Gasteiger partial charge in [0.2, 0.25) is 0 Å². The first-order valence-electron chi connectivity index (χ1n) is 16.8. The van der Waals surface area contributed by atoms with Gasteiger partial charge in [-0.1, -0.05) is 166 Å². The molecule has 7 aromatic carbocycles. The van der Waals surface area contributed by atoms with Crippen LogP contribution in [-0.4, -0.2) is 0 Å². The second-order valence-corrected chi connectivity index (χ2v) is 13.6. The van der Waals surface area contributed by atoms with Crippen molar-refractivity contribution < 1.29 is 4.74 Å². The van der Waals surface area contributed by atoms with E-state index in [4.69, 9.17) is 11.3 Å². The van der Waals surface area contributed by atoms with Crippen LogP contribution in [0.2, 0.25) is 0 Å². The molecule has 0 fully saturated rings. The first kappa shape index (κ1) is 29.0. The van der Waals surface area contributed by atoms with Gasteiger partial charge in [0.1, 0.15) is 5.75 Å². The predicted molar refractivity (Wildman–Crippen MR) is 202 cm³/mol. The number of fused-ring (bicyclic) bond motifs is 8. The highest BCUT2D eigenvalue weighted by Gasteiger charge is 2.44. The lowest BCUT2D eigenvalue weighted by Gasteiger charge is -2.38. The minimum absolute atomic E-state index is 0.310. The van der Waals surface area contributed by atoms with Crippen molar-refractivity contribution >= 4 is 22.5 Å². The summed E-state index contributed by atoms with van der Waals surface area (Å²) in [7, 11) is 0. The Bertz CT molecular complexity index is 2480. The van der Waals surface area contributed by atoms with Crippen LogP contribution in [0.1, 0.15) is 41.7 Å². The van der Waals surface area contributed by atoms with Gasteiger partial charge in [-0.3, -0.25) is 0 Å². The molecule has 2 nitrogen and oxygen atoms in total. The summed E-state index contributed by atoms with van der Waals surface area (Å²) >= 11 is 0. The van der Waals surface area contributed by atoms with Crippen LogP contribution in [0.3, 0.4) is 0 Å². The van der Waals surface area contributed by atoms with Crippen LogP contribution in [0.25, 0.3) is 55.1 Å². The number of benzene rings is 7. The highest BCUT2D eigenvalue weighted by molar-refractivity contribution is 6.08. The topological polar surface area (TPSA) is 13.6 Å². The van der Waals surface area contributed by atoms with Gasteiger partial charge in [0.25, 0.3) is 0 Å². The average molecular weight is 628 g/mol. The van der Waals surface area contributed by atoms with E-state index in [1.54, 1.807) is 0 Å². The molecule has 1 atom stereocenters. The van der Waals surface area contributed by atoms with Gasteiger partial charge in [0.15, 0.2) is 11.3 Å². The lowest BCUT2D eigenvalue weighted by molar-refractivity contribution is 0.163. The van der Waals surface area contributed by atoms with E-state index in [1.165, 1.54) is 44.3 Å². The molecular weight excluding hydrogens is 595 g/mol. The molecular formula is C47H33NO. The Hall–Kier alpha value is -6.17. The monoisotopic (exact) mass is 627 g/mol. The standard InChI is InChI=1S/C47H33NO/c1-46(2)42-30-37(48-3)25-26-40(42)43-38-19-10-11-20-39(38)45-41(44(43)46)27-28-47(49-45,35-17-8-5-9-18-35)36-23-21-32(22-24-36)34-16-12-15-33(29-34)31-13-6-4-7-14-31/h4-30H,1-2H3. The summed E-state index contributed by atoms with van der Waals surface area (Å²) in [6, 6.07) is 53.4. The zero-order chi connectivity index (χ0) is 33.2. The van der Waals surface area contributed by atoms with E-state index < -0.39 is 5.60 Å². The summed E-state index contributed by atoms with van der Waals surface area (Å²) in [5, 5.41) is 2.26. The van der Waals surface area contributed by atoms with E-state index in [2.05, 4.69) is 176 Å². The van der Waals surface area contributed by atoms with Crippen molar-refractivity contribution in [2.24, 2.45) is 0 Å². The Morgan fingerprint density at radius 1 is 0.571 bits per heavy atom. The molecule has 2 aliphatic rings. The number of rotatable bonds is 4. The Kier molecular flexibility index (Phi) is 6.48. The first-order valence-corrected chi connectivity index (χ1v) is 16.8. The van der Waals surface area contributed by atoms with Crippen LogP contribution in [0.15, 0.2) is 158 Å². The van der Waals surface area contributed by atoms with Crippen molar-refractivity contribution in [1.82, 2.24) is 0 Å². The minimum atomic E-state index is -0.831. The zero-order valence-electron chi connectivity index (χ0n) is 27.4. The molecule has 0 radical (unpaired) electrons. The van der Waals surface area contributed by atoms with Gasteiger partial charge >= 0.3 is 0 Å². The normalized spacial score (nSPS) is 16.7. The summed E-state index contributed by atoms with van der Waals surface area (Å²) in [6.45, 7) is 12.2. The number of ether oxygens (including phenoxy) is 1. The molecule has 1 aliphatic heterocycles. The second kappa shape index (κ2) is 10.9. The molecule has 0 spiro atoms. The summed E-state index contributed by atoms with van der Waals surface area (Å²) in [5.41, 5.74) is 12.4. The molecule has 0 saturated carbocycles. The predicted octanol–water partition coefficient (Wildman–Crippen LogP) is 12.4. The largest absolute Gasteiger partial charge is 0.472 e. The quantitative estimate of drug-likeness (QED) is 0.177. The molecule has 232 valence electrons. The fourth-order valence-corrected chi connectivity index (χ4v) is 8.07. The summed E-state index contributed by atoms with van der Waals surface area (Å²) in [4.78, 5) is 3.77. The third-order valence-corrected chi connectivity index (χ3v) is 10.5. The number of hydrogen-bond acceptors (Lipinski definition) is 1. The van der Waals surface area contributed by atoms with Crippen LogP contribution in [0.5, 0.6) is 5.75 Å². The van der Waals surface area contributed by atoms with Crippen molar-refractivity contribution in [1.29, 1.82) is 0 Å².